The number of allylic oxidation sites excluding steroid dienone is 1. The summed E-state index contributed by atoms with van der Waals surface area (Å²) in [7, 11) is -2.13. The lowest BCUT2D eigenvalue weighted by molar-refractivity contribution is 0.539. The molecule has 2 nitrogen and oxygen atoms in total. The Morgan fingerprint density at radius 2 is 2.00 bits per heavy atom. The molecule has 0 radical (unpaired) electrons. The third-order valence-corrected chi connectivity index (χ3v) is 4.61. The van der Waals surface area contributed by atoms with E-state index < -0.39 is 8.32 Å². The molecule has 0 saturated carbocycles. The number of hydrogen-bond donors (Lipinski definition) is 2. The minimum absolute atomic E-state index is 0.208. The van der Waals surface area contributed by atoms with Crippen LogP contribution in [0.2, 0.25) is 13.1 Å². The number of hydrogen-bond acceptors (Lipinski definition) is 2. The molecule has 1 aromatic carbocycles. The molecule has 1 aliphatic heterocycles. The van der Waals surface area contributed by atoms with Gasteiger partial charge in [-0.1, -0.05) is 24.3 Å². The monoisotopic (exact) mass is 205 g/mol. The van der Waals surface area contributed by atoms with Crippen molar-refractivity contribution in [1.29, 1.82) is 0 Å². The topological polar surface area (TPSA) is 32.3 Å². The lowest BCUT2D eigenvalue weighted by atomic mass is 10.1. The Labute approximate surface area is 85.4 Å². The lowest BCUT2D eigenvalue weighted by Gasteiger charge is -2.29. The maximum Gasteiger partial charge on any atom is 0.193 e. The quantitative estimate of drug-likeness (QED) is 0.690. The second-order valence-electron chi connectivity index (χ2n) is 4.22. The predicted octanol–water partition coefficient (Wildman–Crippen LogP) is 2.45. The van der Waals surface area contributed by atoms with Crippen LogP contribution in [0.5, 0.6) is 0 Å². The normalized spacial score (nSPS) is 20.1. The van der Waals surface area contributed by atoms with Gasteiger partial charge in [0.1, 0.15) is 0 Å². The van der Waals surface area contributed by atoms with E-state index in [1.54, 1.807) is 0 Å². The molecule has 1 aromatic rings. The van der Waals surface area contributed by atoms with Crippen LogP contribution in [0.4, 0.5) is 5.69 Å². The molecule has 1 aliphatic rings. The summed E-state index contributed by atoms with van der Waals surface area (Å²) in [4.78, 5) is 10.1. The maximum atomic E-state index is 10.1. The summed E-state index contributed by atoms with van der Waals surface area (Å²) in [6.45, 7) is 3.95. The highest BCUT2D eigenvalue weighted by Gasteiger charge is 2.32. The maximum absolute atomic E-state index is 10.1. The van der Waals surface area contributed by atoms with Gasteiger partial charge in [-0.3, -0.25) is 0 Å². The number of rotatable bonds is 1. The van der Waals surface area contributed by atoms with Gasteiger partial charge in [0.05, 0.1) is 0 Å². The zero-order valence-electron chi connectivity index (χ0n) is 8.49. The summed E-state index contributed by atoms with van der Waals surface area (Å²) in [5, 5.41) is 3.20. The van der Waals surface area contributed by atoms with Crippen molar-refractivity contribution in [3.05, 3.63) is 42.1 Å². The zero-order valence-corrected chi connectivity index (χ0v) is 9.49. The first kappa shape index (κ1) is 9.49. The number of anilines is 1. The van der Waals surface area contributed by atoms with Crippen LogP contribution in [0.3, 0.4) is 0 Å². The summed E-state index contributed by atoms with van der Waals surface area (Å²) in [5.41, 5.74) is 2.55. The van der Waals surface area contributed by atoms with E-state index in [2.05, 4.69) is 17.5 Å². The molecule has 0 aromatic heterocycles. The highest BCUT2D eigenvalue weighted by atomic mass is 28.4. The van der Waals surface area contributed by atoms with Crippen molar-refractivity contribution in [2.24, 2.45) is 0 Å². The number of fused-ring (bicyclic) bond motifs is 1. The molecule has 2 N–H and O–H groups in total. The third kappa shape index (κ3) is 1.61. The summed E-state index contributed by atoms with van der Waals surface area (Å²) < 4.78 is 0. The molecule has 1 unspecified atom stereocenters. The summed E-state index contributed by atoms with van der Waals surface area (Å²) in [5.74, 6) is 0. The van der Waals surface area contributed by atoms with E-state index in [1.807, 2.05) is 37.5 Å². The summed E-state index contributed by atoms with van der Waals surface area (Å²) in [6, 6.07) is 8.16. The molecule has 0 spiro atoms. The van der Waals surface area contributed by atoms with Gasteiger partial charge in [0.2, 0.25) is 0 Å². The lowest BCUT2D eigenvalue weighted by Crippen LogP contribution is -2.35. The molecule has 1 heterocycles. The van der Waals surface area contributed by atoms with E-state index in [9.17, 15) is 4.80 Å². The Kier molecular flexibility index (Phi) is 2.21. The van der Waals surface area contributed by atoms with Gasteiger partial charge in [-0.05, 0) is 30.9 Å². The van der Waals surface area contributed by atoms with Gasteiger partial charge in [-0.2, -0.15) is 0 Å². The van der Waals surface area contributed by atoms with Crippen molar-refractivity contribution >= 4 is 14.0 Å². The van der Waals surface area contributed by atoms with Gasteiger partial charge in [0.25, 0.3) is 0 Å². The van der Waals surface area contributed by atoms with Crippen LogP contribution in [0.1, 0.15) is 11.1 Å². The molecule has 1 atom stereocenters. The highest BCUT2D eigenvalue weighted by molar-refractivity contribution is 6.72. The van der Waals surface area contributed by atoms with E-state index in [0.29, 0.717) is 0 Å². The SMILES string of the molecule is C[Si](C)(O)C1C=CNc2ccccc21. The first-order valence-corrected chi connectivity index (χ1v) is 7.86. The van der Waals surface area contributed by atoms with E-state index in [-0.39, 0.29) is 5.54 Å². The highest BCUT2D eigenvalue weighted by Crippen LogP contribution is 2.34. The van der Waals surface area contributed by atoms with Crippen molar-refractivity contribution < 1.29 is 4.80 Å². The molecule has 74 valence electrons. The van der Waals surface area contributed by atoms with Crippen molar-refractivity contribution in [2.75, 3.05) is 5.32 Å². The van der Waals surface area contributed by atoms with E-state index in [1.165, 1.54) is 5.56 Å². The van der Waals surface area contributed by atoms with E-state index >= 15 is 0 Å². The van der Waals surface area contributed by atoms with Crippen molar-refractivity contribution in [3.8, 4) is 0 Å². The first-order valence-electron chi connectivity index (χ1n) is 4.83. The van der Waals surface area contributed by atoms with Gasteiger partial charge in [-0.25, -0.2) is 0 Å². The van der Waals surface area contributed by atoms with E-state index in [4.69, 9.17) is 0 Å². The Balaban J connectivity index is 2.46. The van der Waals surface area contributed by atoms with Gasteiger partial charge in [0.15, 0.2) is 8.32 Å². The van der Waals surface area contributed by atoms with Crippen LogP contribution in [0.15, 0.2) is 36.5 Å². The van der Waals surface area contributed by atoms with Gasteiger partial charge < -0.3 is 10.1 Å². The average molecular weight is 205 g/mol. The minimum Gasteiger partial charge on any atom is -0.431 e. The van der Waals surface area contributed by atoms with E-state index in [0.717, 1.165) is 5.69 Å². The number of benzene rings is 1. The Bertz CT molecular complexity index is 368. The molecule has 0 saturated heterocycles. The molecular weight excluding hydrogens is 190 g/mol. The van der Waals surface area contributed by atoms with Crippen molar-refractivity contribution in [1.82, 2.24) is 0 Å². The second-order valence-corrected chi connectivity index (χ2v) is 8.15. The fourth-order valence-electron chi connectivity index (χ4n) is 1.85. The molecule has 0 fully saturated rings. The zero-order chi connectivity index (χ0) is 10.2. The fraction of sp³-hybridized carbons (Fsp3) is 0.273. The molecule has 0 aliphatic carbocycles. The number of para-hydroxylation sites is 1. The van der Waals surface area contributed by atoms with Crippen LogP contribution in [0.25, 0.3) is 0 Å². The molecule has 3 heteroatoms. The average Bonchev–Trinajstić information content (AvgIpc) is 2.15. The predicted molar refractivity (Wildman–Crippen MR) is 61.6 cm³/mol. The molecule has 0 bridgehead atoms. The van der Waals surface area contributed by atoms with Gasteiger partial charge >= 0.3 is 0 Å². The van der Waals surface area contributed by atoms with Crippen LogP contribution < -0.4 is 5.32 Å². The summed E-state index contributed by atoms with van der Waals surface area (Å²) in [6.07, 6.45) is 3.99. The molecule has 2 rings (SSSR count). The van der Waals surface area contributed by atoms with Crippen LogP contribution in [-0.2, 0) is 0 Å². The second kappa shape index (κ2) is 3.26. The van der Waals surface area contributed by atoms with Crippen LogP contribution in [-0.4, -0.2) is 13.1 Å². The first-order chi connectivity index (χ1) is 6.59. The fourth-order valence-corrected chi connectivity index (χ4v) is 3.43. The largest absolute Gasteiger partial charge is 0.431 e. The summed E-state index contributed by atoms with van der Waals surface area (Å²) >= 11 is 0. The Morgan fingerprint density at radius 3 is 2.71 bits per heavy atom. The van der Waals surface area contributed by atoms with Gasteiger partial charge in [0, 0.05) is 11.2 Å². The minimum atomic E-state index is -2.13. The van der Waals surface area contributed by atoms with Crippen LogP contribution in [0, 0.1) is 0 Å². The van der Waals surface area contributed by atoms with Crippen LogP contribution >= 0.6 is 0 Å². The third-order valence-electron chi connectivity index (χ3n) is 2.58. The molecule has 0 amide bonds. The Hall–Kier alpha value is -1.06. The van der Waals surface area contributed by atoms with Gasteiger partial charge in [-0.15, -0.1) is 0 Å². The Morgan fingerprint density at radius 1 is 1.29 bits per heavy atom. The van der Waals surface area contributed by atoms with Crippen molar-refractivity contribution in [3.63, 3.8) is 0 Å². The number of nitrogens with one attached hydrogen (secondary N) is 1. The standard InChI is InChI=1S/C11H15NOSi/c1-14(2,13)11-7-8-12-10-6-4-3-5-9(10)11/h3-8,11-13H,1-2H3. The van der Waals surface area contributed by atoms with Crippen molar-refractivity contribution in [2.45, 2.75) is 18.6 Å². The smallest absolute Gasteiger partial charge is 0.193 e. The molecule has 14 heavy (non-hydrogen) atoms. The molecular formula is C11H15NOSi.